The summed E-state index contributed by atoms with van der Waals surface area (Å²) in [4.78, 5) is 11.5. The molecular formula is C26H40O5. The Morgan fingerprint density at radius 3 is 2.52 bits per heavy atom. The van der Waals surface area contributed by atoms with E-state index >= 15 is 0 Å². The lowest BCUT2D eigenvalue weighted by Crippen LogP contribution is -2.23. The van der Waals surface area contributed by atoms with Gasteiger partial charge in [-0.1, -0.05) is 42.5 Å². The Bertz CT molecular complexity index is 657. The highest BCUT2D eigenvalue weighted by Gasteiger charge is 2.40. The Morgan fingerprint density at radius 2 is 1.81 bits per heavy atom. The van der Waals surface area contributed by atoms with Crippen molar-refractivity contribution in [1.29, 1.82) is 0 Å². The number of benzene rings is 1. The molecule has 174 valence electrons. The maximum Gasteiger partial charge on any atom is 0.306 e. The van der Waals surface area contributed by atoms with Crippen LogP contribution in [0.1, 0.15) is 70.8 Å². The third-order valence-corrected chi connectivity index (χ3v) is 6.16. The third kappa shape index (κ3) is 9.55. The van der Waals surface area contributed by atoms with E-state index in [4.69, 9.17) is 4.74 Å². The summed E-state index contributed by atoms with van der Waals surface area (Å²) in [6.45, 7) is 3.69. The van der Waals surface area contributed by atoms with Crippen molar-refractivity contribution in [3.63, 3.8) is 0 Å². The summed E-state index contributed by atoms with van der Waals surface area (Å²) in [5, 5.41) is 31.2. The second-order valence-corrected chi connectivity index (χ2v) is 9.09. The number of aryl methyl sites for hydroxylation is 1. The highest BCUT2D eigenvalue weighted by atomic mass is 16.5. The van der Waals surface area contributed by atoms with E-state index in [1.165, 1.54) is 5.56 Å². The minimum atomic E-state index is -0.513. The molecule has 0 radical (unpaired) electrons. The molecule has 0 unspecified atom stereocenters. The van der Waals surface area contributed by atoms with E-state index in [1.807, 2.05) is 38.1 Å². The molecule has 1 fully saturated rings. The molecule has 5 atom stereocenters. The average Bonchev–Trinajstić information content (AvgIpc) is 3.00. The Morgan fingerprint density at radius 1 is 1.10 bits per heavy atom. The lowest BCUT2D eigenvalue weighted by atomic mass is 9.85. The van der Waals surface area contributed by atoms with Gasteiger partial charge in [0.25, 0.3) is 0 Å². The lowest BCUT2D eigenvalue weighted by Gasteiger charge is -2.23. The van der Waals surface area contributed by atoms with E-state index in [0.717, 1.165) is 19.3 Å². The van der Waals surface area contributed by atoms with Crippen molar-refractivity contribution in [2.24, 2.45) is 11.8 Å². The zero-order valence-corrected chi connectivity index (χ0v) is 19.0. The van der Waals surface area contributed by atoms with Crippen molar-refractivity contribution in [2.45, 2.75) is 96.1 Å². The molecule has 1 aliphatic rings. The second-order valence-electron chi connectivity index (χ2n) is 9.09. The summed E-state index contributed by atoms with van der Waals surface area (Å²) in [7, 11) is 0. The van der Waals surface area contributed by atoms with E-state index in [2.05, 4.69) is 18.2 Å². The predicted molar refractivity (Wildman–Crippen MR) is 122 cm³/mol. The van der Waals surface area contributed by atoms with E-state index in [0.29, 0.717) is 38.5 Å². The van der Waals surface area contributed by atoms with Gasteiger partial charge in [-0.2, -0.15) is 0 Å². The van der Waals surface area contributed by atoms with Crippen molar-refractivity contribution < 1.29 is 24.9 Å². The minimum Gasteiger partial charge on any atom is -0.463 e. The van der Waals surface area contributed by atoms with Crippen LogP contribution in [0.2, 0.25) is 0 Å². The van der Waals surface area contributed by atoms with Gasteiger partial charge in [-0.25, -0.2) is 0 Å². The van der Waals surface area contributed by atoms with Crippen LogP contribution in [0.4, 0.5) is 0 Å². The van der Waals surface area contributed by atoms with Gasteiger partial charge in [-0.05, 0) is 82.6 Å². The molecule has 0 amide bonds. The zero-order chi connectivity index (χ0) is 22.6. The van der Waals surface area contributed by atoms with Gasteiger partial charge in [0.1, 0.15) is 0 Å². The molecule has 0 heterocycles. The molecular weight excluding hydrogens is 392 g/mol. The molecule has 0 aliphatic heterocycles. The standard InChI is InChI=1S/C26H40O5/c1-19(2)31-26(30)13-9-4-3-8-12-22-23(25(29)18-24(22)28)17-16-21(27)15-14-20-10-6-5-7-11-20/h3,5-8,10-11,19,21-25,27-29H,4,9,12-18H2,1-2H3/t21-,22+,23+,24-,25+/m0/s1. The fraction of sp³-hybridized carbons (Fsp3) is 0.654. The van der Waals surface area contributed by atoms with Gasteiger partial charge >= 0.3 is 5.97 Å². The van der Waals surface area contributed by atoms with E-state index in [-0.39, 0.29) is 23.9 Å². The quantitative estimate of drug-likeness (QED) is 0.247. The SMILES string of the molecule is CC(C)OC(=O)CCCC=CC[C@@H]1[C@@H](CC[C@@H](O)CCc2ccccc2)[C@H](O)C[C@@H]1O. The van der Waals surface area contributed by atoms with Crippen LogP contribution in [0.25, 0.3) is 0 Å². The highest BCUT2D eigenvalue weighted by Crippen LogP contribution is 2.38. The number of carbonyl (C=O) groups excluding carboxylic acids is 1. The Kier molecular flexibility index (Phi) is 11.3. The van der Waals surface area contributed by atoms with Crippen LogP contribution in [0.15, 0.2) is 42.5 Å². The topological polar surface area (TPSA) is 87.0 Å². The number of aliphatic hydroxyl groups excluding tert-OH is 3. The number of hydrogen-bond acceptors (Lipinski definition) is 5. The van der Waals surface area contributed by atoms with Gasteiger partial charge in [-0.3, -0.25) is 4.79 Å². The van der Waals surface area contributed by atoms with Gasteiger partial charge in [0.05, 0.1) is 24.4 Å². The number of hydrogen-bond donors (Lipinski definition) is 3. The fourth-order valence-corrected chi connectivity index (χ4v) is 4.47. The molecule has 1 aliphatic carbocycles. The molecule has 1 aromatic rings. The van der Waals surface area contributed by atoms with Crippen LogP contribution in [0.3, 0.4) is 0 Å². The minimum absolute atomic E-state index is 0.00652. The Labute approximate surface area is 187 Å². The Hall–Kier alpha value is -1.69. The average molecular weight is 433 g/mol. The number of aliphatic hydroxyl groups is 3. The van der Waals surface area contributed by atoms with E-state index < -0.39 is 18.3 Å². The molecule has 0 bridgehead atoms. The second kappa shape index (κ2) is 13.7. The molecule has 0 spiro atoms. The van der Waals surface area contributed by atoms with Crippen molar-refractivity contribution in [3.05, 3.63) is 48.0 Å². The predicted octanol–water partition coefficient (Wildman–Crippen LogP) is 4.19. The molecule has 31 heavy (non-hydrogen) atoms. The molecule has 3 N–H and O–H groups in total. The smallest absolute Gasteiger partial charge is 0.306 e. The molecule has 0 saturated heterocycles. The summed E-state index contributed by atoms with van der Waals surface area (Å²) >= 11 is 0. The normalized spacial score (nSPS) is 24.7. The van der Waals surface area contributed by atoms with Crippen LogP contribution in [0.5, 0.6) is 0 Å². The summed E-state index contributed by atoms with van der Waals surface area (Å²) < 4.78 is 5.12. The number of allylic oxidation sites excluding steroid dienone is 2. The lowest BCUT2D eigenvalue weighted by molar-refractivity contribution is -0.147. The first-order chi connectivity index (χ1) is 14.9. The van der Waals surface area contributed by atoms with Gasteiger partial charge in [0, 0.05) is 6.42 Å². The number of rotatable bonds is 13. The van der Waals surface area contributed by atoms with Gasteiger partial charge < -0.3 is 20.1 Å². The highest BCUT2D eigenvalue weighted by molar-refractivity contribution is 5.69. The van der Waals surface area contributed by atoms with Gasteiger partial charge in [0.2, 0.25) is 0 Å². The first-order valence-electron chi connectivity index (χ1n) is 11.8. The zero-order valence-electron chi connectivity index (χ0n) is 19.0. The number of esters is 1. The van der Waals surface area contributed by atoms with Crippen LogP contribution < -0.4 is 0 Å². The molecule has 2 rings (SSSR count). The van der Waals surface area contributed by atoms with Crippen LogP contribution in [-0.4, -0.2) is 45.7 Å². The fourth-order valence-electron chi connectivity index (χ4n) is 4.47. The summed E-state index contributed by atoms with van der Waals surface area (Å²) in [5.41, 5.74) is 1.22. The van der Waals surface area contributed by atoms with Crippen LogP contribution in [0, 0.1) is 11.8 Å². The number of carbonyl (C=O) groups is 1. The molecule has 1 aromatic carbocycles. The summed E-state index contributed by atoms with van der Waals surface area (Å²) in [6.07, 6.45) is 8.58. The van der Waals surface area contributed by atoms with Crippen molar-refractivity contribution in [2.75, 3.05) is 0 Å². The van der Waals surface area contributed by atoms with Gasteiger partial charge in [0.15, 0.2) is 0 Å². The molecule has 1 saturated carbocycles. The number of unbranched alkanes of at least 4 members (excludes halogenated alkanes) is 1. The number of ether oxygens (including phenoxy) is 1. The largest absolute Gasteiger partial charge is 0.463 e. The molecule has 5 nitrogen and oxygen atoms in total. The van der Waals surface area contributed by atoms with Crippen molar-refractivity contribution in [1.82, 2.24) is 0 Å². The summed E-state index contributed by atoms with van der Waals surface area (Å²) in [6, 6.07) is 10.1. The first kappa shape index (κ1) is 25.6. The molecule has 0 aromatic heterocycles. The Balaban J connectivity index is 1.70. The van der Waals surface area contributed by atoms with E-state index in [1.54, 1.807) is 0 Å². The maximum absolute atomic E-state index is 11.5. The van der Waals surface area contributed by atoms with E-state index in [9.17, 15) is 20.1 Å². The van der Waals surface area contributed by atoms with Crippen LogP contribution >= 0.6 is 0 Å². The van der Waals surface area contributed by atoms with Crippen molar-refractivity contribution >= 4 is 5.97 Å². The van der Waals surface area contributed by atoms with Crippen LogP contribution in [-0.2, 0) is 16.0 Å². The van der Waals surface area contributed by atoms with Crippen molar-refractivity contribution in [3.8, 4) is 0 Å². The third-order valence-electron chi connectivity index (χ3n) is 6.16. The monoisotopic (exact) mass is 432 g/mol. The maximum atomic E-state index is 11.5. The molecule has 5 heteroatoms. The first-order valence-corrected chi connectivity index (χ1v) is 11.8. The van der Waals surface area contributed by atoms with Gasteiger partial charge in [-0.15, -0.1) is 0 Å². The summed E-state index contributed by atoms with van der Waals surface area (Å²) in [5.74, 6) is -0.144.